The molecule has 0 unspecified atom stereocenters. The zero-order valence-electron chi connectivity index (χ0n) is 3.13. The molecular weight excluding hydrogens is 264 g/mol. The van der Waals surface area contributed by atoms with Gasteiger partial charge in [0, 0.05) is 20.4 Å². The van der Waals surface area contributed by atoms with Crippen molar-refractivity contribution in [2.45, 2.75) is 0 Å². The van der Waals surface area contributed by atoms with Crippen molar-refractivity contribution in [2.75, 3.05) is 0 Å². The summed E-state index contributed by atoms with van der Waals surface area (Å²) in [7, 11) is 0. The average molecular weight is 271 g/mol. The van der Waals surface area contributed by atoms with Gasteiger partial charge in [-0.25, -0.2) is 0 Å². The first-order chi connectivity index (χ1) is 0. The summed E-state index contributed by atoms with van der Waals surface area (Å²) in [6, 6.07) is 0. The van der Waals surface area contributed by atoms with Crippen LogP contribution in [0.1, 0.15) is 0 Å². The van der Waals surface area contributed by atoms with Gasteiger partial charge in [0.05, 0.1) is 0 Å². The molecular formula is H7NO4Re-4. The smallest absolute Gasteiger partial charge is 0 e. The second-order valence-electron chi connectivity index (χ2n) is 0. The molecule has 0 bridgehead atoms. The van der Waals surface area contributed by atoms with Crippen molar-refractivity contribution in [1.29, 1.82) is 0 Å². The van der Waals surface area contributed by atoms with Gasteiger partial charge in [-0.1, -0.05) is 0 Å². The summed E-state index contributed by atoms with van der Waals surface area (Å²) in [5.74, 6) is 0. The van der Waals surface area contributed by atoms with Gasteiger partial charge in [0.15, 0.2) is 0 Å². The Kier molecular flexibility index (Phi) is 76500. The van der Waals surface area contributed by atoms with E-state index in [4.69, 9.17) is 0 Å². The molecule has 0 aliphatic rings. The molecule has 1 radical (unpaired) electrons. The molecule has 0 fully saturated rings. The van der Waals surface area contributed by atoms with Gasteiger partial charge < -0.3 is 28.1 Å². The zero-order valence-corrected chi connectivity index (χ0v) is 5.84. The summed E-state index contributed by atoms with van der Waals surface area (Å²) in [6.45, 7) is 0. The maximum Gasteiger partial charge on any atom is 0 e. The van der Waals surface area contributed by atoms with Crippen LogP contribution in [0.5, 0.6) is 0 Å². The third-order valence-corrected chi connectivity index (χ3v) is 0. The molecule has 0 heterocycles. The van der Waals surface area contributed by atoms with Gasteiger partial charge in [-0.15, -0.1) is 0 Å². The molecule has 6 heavy (non-hydrogen) atoms. The van der Waals surface area contributed by atoms with Crippen LogP contribution >= 0.6 is 0 Å². The predicted octanol–water partition coefficient (Wildman–Crippen LogP) is -0.275. The fraction of sp³-hybridized carbons (Fsp3) is 0. The number of hydrogen-bond acceptors (Lipinski definition) is 3. The van der Waals surface area contributed by atoms with E-state index < -0.39 is 0 Å². The van der Waals surface area contributed by atoms with Gasteiger partial charge in [0.25, 0.3) is 0 Å². The maximum absolute atomic E-state index is 0. The second-order valence-corrected chi connectivity index (χ2v) is 0. The van der Waals surface area contributed by atoms with Crippen LogP contribution in [0.15, 0.2) is 0 Å². The van der Waals surface area contributed by atoms with Crippen LogP contribution in [0, 0.1) is 0 Å². The minimum atomic E-state index is 0. The molecule has 0 amide bonds. The van der Waals surface area contributed by atoms with E-state index in [2.05, 4.69) is 0 Å². The van der Waals surface area contributed by atoms with E-state index in [1.807, 2.05) is 0 Å². The molecule has 0 aromatic carbocycles. The molecule has 7 N–H and O–H groups in total. The fourth-order valence-corrected chi connectivity index (χ4v) is 0. The molecule has 6 heteroatoms. The molecule has 0 aromatic rings. The molecule has 0 saturated carbocycles. The Bertz CT molecular complexity index is 7.51. The van der Waals surface area contributed by atoms with E-state index in [9.17, 15) is 0 Å². The Morgan fingerprint density at radius 3 is 0.667 bits per heavy atom. The summed E-state index contributed by atoms with van der Waals surface area (Å²) < 4.78 is 0. The standard InChI is InChI=1S/H3N.3H2O.O.Re/h1H3;3*1H2;;/q;;;;-2;/p-2. The van der Waals surface area contributed by atoms with Crippen LogP contribution in [0.3, 0.4) is 0 Å². The van der Waals surface area contributed by atoms with E-state index in [-0.39, 0.29) is 48.5 Å². The molecule has 0 aromatic heterocycles. The van der Waals surface area contributed by atoms with Gasteiger partial charge in [-0.05, 0) is 0 Å². The Hall–Kier alpha value is 0.462. The van der Waals surface area contributed by atoms with Crippen molar-refractivity contribution < 1.29 is 42.3 Å². The van der Waals surface area contributed by atoms with Crippen LogP contribution < -0.4 is 6.15 Å². The molecule has 5 nitrogen and oxygen atoms in total. The third-order valence-electron chi connectivity index (χ3n) is 0. The van der Waals surface area contributed by atoms with Gasteiger partial charge in [0.2, 0.25) is 0 Å². The first-order valence-electron chi connectivity index (χ1n) is 0. The van der Waals surface area contributed by atoms with E-state index >= 15 is 0 Å². The fourth-order valence-electron chi connectivity index (χ4n) is 0. The quantitative estimate of drug-likeness (QED) is 0.644. The topological polar surface area (TPSA) is 155 Å². The Morgan fingerprint density at radius 2 is 0.667 bits per heavy atom. The van der Waals surface area contributed by atoms with Gasteiger partial charge in [-0.3, -0.25) is 0 Å². The number of quaternary nitrogens is 1. The second kappa shape index (κ2) is 509. The summed E-state index contributed by atoms with van der Waals surface area (Å²) in [4.78, 5) is 0. The van der Waals surface area contributed by atoms with Crippen molar-refractivity contribution in [3.63, 3.8) is 0 Å². The van der Waals surface area contributed by atoms with E-state index in [1.165, 1.54) is 0 Å². The van der Waals surface area contributed by atoms with Gasteiger partial charge >= 0.3 is 0 Å². The SMILES string of the molecule is [NH4+].[O-2].[OH-].[OH-].[OH-].[Re]. The van der Waals surface area contributed by atoms with Crippen molar-refractivity contribution in [1.82, 2.24) is 6.15 Å². The van der Waals surface area contributed by atoms with Crippen LogP contribution in [0.2, 0.25) is 0 Å². The van der Waals surface area contributed by atoms with Crippen LogP contribution in [0.4, 0.5) is 0 Å². The molecule has 47 valence electrons. The molecule has 0 aliphatic carbocycles. The molecule has 0 atom stereocenters. The average Bonchev–Trinajstić information content (AvgIpc) is 0. The van der Waals surface area contributed by atoms with Crippen molar-refractivity contribution in [3.8, 4) is 0 Å². The first kappa shape index (κ1) is 902. The summed E-state index contributed by atoms with van der Waals surface area (Å²) in [5, 5.41) is 0. The summed E-state index contributed by atoms with van der Waals surface area (Å²) >= 11 is 0. The minimum absolute atomic E-state index is 0. The van der Waals surface area contributed by atoms with Crippen molar-refractivity contribution in [3.05, 3.63) is 0 Å². The molecule has 0 rings (SSSR count). The Labute approximate surface area is 49.2 Å². The number of rotatable bonds is 0. The number of hydrogen-bond donors (Lipinski definition) is 1. The summed E-state index contributed by atoms with van der Waals surface area (Å²) in [5.41, 5.74) is 0. The zero-order chi connectivity index (χ0) is 0. The van der Waals surface area contributed by atoms with Crippen LogP contribution in [0.25, 0.3) is 0 Å². The van der Waals surface area contributed by atoms with Gasteiger partial charge in [-0.2, -0.15) is 0 Å². The normalized spacial score (nSPS) is 0. The molecule has 0 saturated heterocycles. The van der Waals surface area contributed by atoms with E-state index in [1.54, 1.807) is 0 Å². The first-order valence-corrected chi connectivity index (χ1v) is 0. The van der Waals surface area contributed by atoms with E-state index in [0.717, 1.165) is 0 Å². The predicted molar refractivity (Wildman–Crippen MR) is 12.5 cm³/mol. The minimum Gasteiger partial charge on any atom is -2.00 e. The van der Waals surface area contributed by atoms with Crippen LogP contribution in [-0.4, -0.2) is 16.4 Å². The molecule has 0 spiro atoms. The van der Waals surface area contributed by atoms with Crippen molar-refractivity contribution >= 4 is 0 Å². The Balaban J connectivity index is 0. The van der Waals surface area contributed by atoms with Gasteiger partial charge in [0.1, 0.15) is 0 Å². The Morgan fingerprint density at radius 1 is 0.667 bits per heavy atom. The summed E-state index contributed by atoms with van der Waals surface area (Å²) in [6.07, 6.45) is 0. The van der Waals surface area contributed by atoms with Crippen molar-refractivity contribution in [2.24, 2.45) is 0 Å². The largest absolute Gasteiger partial charge is 2.00 e. The van der Waals surface area contributed by atoms with E-state index in [0.29, 0.717) is 0 Å². The maximum atomic E-state index is 0. The van der Waals surface area contributed by atoms with Crippen LogP contribution in [-0.2, 0) is 25.9 Å². The third kappa shape index (κ3) is 250. The molecule has 0 aliphatic heterocycles. The monoisotopic (exact) mass is 272 g/mol.